The molecule has 6 nitrogen and oxygen atoms in total. The maximum atomic E-state index is 13.3. The third-order valence-electron chi connectivity index (χ3n) is 7.15. The first-order valence-electron chi connectivity index (χ1n) is 12.4. The van der Waals surface area contributed by atoms with Gasteiger partial charge in [-0.15, -0.1) is 0 Å². The summed E-state index contributed by atoms with van der Waals surface area (Å²) in [5.74, 6) is 0.526. The standard InChI is InChI=1S/C26H42N4O2/c1-18(2)16-29(17-21-8-6-5-7-19(21)3)24-13-14-30(20(4)31)25(15-24)26(32)28-23-11-9-22(27)10-12-23/h5-8,18,22-25H,9-17,27H2,1-4H3,(H,28,32)/t22?,23?,24?,25-/m1/s1. The van der Waals surface area contributed by atoms with Gasteiger partial charge >= 0.3 is 0 Å². The zero-order valence-corrected chi connectivity index (χ0v) is 20.3. The second kappa shape index (κ2) is 11.3. The first-order valence-corrected chi connectivity index (χ1v) is 12.4. The second-order valence-electron chi connectivity index (χ2n) is 10.3. The number of aryl methyl sites for hydroxylation is 1. The molecule has 1 saturated heterocycles. The van der Waals surface area contributed by atoms with Crippen LogP contribution in [-0.2, 0) is 16.1 Å². The van der Waals surface area contributed by atoms with Gasteiger partial charge in [0.1, 0.15) is 6.04 Å². The Hall–Kier alpha value is -1.92. The Balaban J connectivity index is 1.73. The minimum atomic E-state index is -0.395. The van der Waals surface area contributed by atoms with Crippen LogP contribution >= 0.6 is 0 Å². The molecule has 178 valence electrons. The molecular weight excluding hydrogens is 400 g/mol. The molecule has 3 rings (SSSR count). The molecule has 0 radical (unpaired) electrons. The highest BCUT2D eigenvalue weighted by Crippen LogP contribution is 2.26. The predicted octanol–water partition coefficient (Wildman–Crippen LogP) is 3.22. The number of hydrogen-bond acceptors (Lipinski definition) is 4. The highest BCUT2D eigenvalue weighted by Gasteiger charge is 2.38. The Morgan fingerprint density at radius 1 is 1.16 bits per heavy atom. The number of nitrogens with zero attached hydrogens (tertiary/aromatic N) is 2. The van der Waals surface area contributed by atoms with E-state index in [9.17, 15) is 9.59 Å². The molecule has 2 amide bonds. The van der Waals surface area contributed by atoms with Crippen LogP contribution in [0.1, 0.15) is 70.4 Å². The fraction of sp³-hybridized carbons (Fsp3) is 0.692. The van der Waals surface area contributed by atoms with Gasteiger partial charge in [-0.25, -0.2) is 0 Å². The molecule has 1 unspecified atom stereocenters. The number of hydrogen-bond donors (Lipinski definition) is 2. The van der Waals surface area contributed by atoms with E-state index < -0.39 is 6.04 Å². The number of piperidine rings is 1. The van der Waals surface area contributed by atoms with E-state index in [4.69, 9.17) is 5.73 Å². The van der Waals surface area contributed by atoms with Crippen molar-refractivity contribution in [3.05, 3.63) is 35.4 Å². The lowest BCUT2D eigenvalue weighted by molar-refractivity contribution is -0.142. The monoisotopic (exact) mass is 442 g/mol. The molecule has 2 fully saturated rings. The van der Waals surface area contributed by atoms with Crippen molar-refractivity contribution in [1.29, 1.82) is 0 Å². The van der Waals surface area contributed by atoms with Crippen LogP contribution in [0.4, 0.5) is 0 Å². The largest absolute Gasteiger partial charge is 0.352 e. The van der Waals surface area contributed by atoms with Gasteiger partial charge in [0.15, 0.2) is 0 Å². The van der Waals surface area contributed by atoms with Crippen molar-refractivity contribution in [2.45, 2.75) is 96.9 Å². The van der Waals surface area contributed by atoms with Crippen molar-refractivity contribution >= 4 is 11.8 Å². The number of benzene rings is 1. The normalized spacial score (nSPS) is 26.4. The fourth-order valence-corrected chi connectivity index (χ4v) is 5.28. The summed E-state index contributed by atoms with van der Waals surface area (Å²) in [5, 5.41) is 3.25. The van der Waals surface area contributed by atoms with Crippen molar-refractivity contribution in [2.75, 3.05) is 13.1 Å². The van der Waals surface area contributed by atoms with Gasteiger partial charge in [-0.1, -0.05) is 38.1 Å². The van der Waals surface area contributed by atoms with Gasteiger partial charge in [-0.3, -0.25) is 14.5 Å². The molecule has 0 aromatic heterocycles. The van der Waals surface area contributed by atoms with Gasteiger partial charge in [-0.2, -0.15) is 0 Å². The van der Waals surface area contributed by atoms with Crippen molar-refractivity contribution in [3.8, 4) is 0 Å². The lowest BCUT2D eigenvalue weighted by atomic mass is 9.90. The number of amides is 2. The summed E-state index contributed by atoms with van der Waals surface area (Å²) in [6, 6.07) is 8.85. The number of likely N-dealkylation sites (tertiary alicyclic amines) is 1. The van der Waals surface area contributed by atoms with Crippen molar-refractivity contribution in [1.82, 2.24) is 15.1 Å². The lowest BCUT2D eigenvalue weighted by Crippen LogP contribution is -2.58. The number of carbonyl (C=O) groups is 2. The average Bonchev–Trinajstić information content (AvgIpc) is 2.75. The quantitative estimate of drug-likeness (QED) is 0.680. The van der Waals surface area contributed by atoms with Crippen LogP contribution < -0.4 is 11.1 Å². The number of nitrogens with one attached hydrogen (secondary N) is 1. The molecule has 0 spiro atoms. The van der Waals surface area contributed by atoms with Gasteiger partial charge in [0.05, 0.1) is 0 Å². The second-order valence-corrected chi connectivity index (χ2v) is 10.3. The topological polar surface area (TPSA) is 78.7 Å². The summed E-state index contributed by atoms with van der Waals surface area (Å²) >= 11 is 0. The molecule has 6 heteroatoms. The molecule has 2 aliphatic rings. The van der Waals surface area contributed by atoms with Crippen LogP contribution in [-0.4, -0.2) is 58.9 Å². The molecule has 32 heavy (non-hydrogen) atoms. The summed E-state index contributed by atoms with van der Waals surface area (Å²) in [4.78, 5) is 30.0. The molecule has 1 aromatic carbocycles. The van der Waals surface area contributed by atoms with Crippen LogP contribution in [0.2, 0.25) is 0 Å². The fourth-order valence-electron chi connectivity index (χ4n) is 5.28. The van der Waals surface area contributed by atoms with E-state index in [1.165, 1.54) is 11.1 Å². The molecule has 1 aliphatic carbocycles. The van der Waals surface area contributed by atoms with E-state index in [1.807, 2.05) is 0 Å². The minimum Gasteiger partial charge on any atom is -0.352 e. The van der Waals surface area contributed by atoms with Gasteiger partial charge in [0, 0.05) is 44.7 Å². The van der Waals surface area contributed by atoms with Crippen molar-refractivity contribution in [2.24, 2.45) is 11.7 Å². The van der Waals surface area contributed by atoms with Gasteiger partial charge < -0.3 is 16.0 Å². The summed E-state index contributed by atoms with van der Waals surface area (Å²) in [6.45, 7) is 10.7. The maximum Gasteiger partial charge on any atom is 0.243 e. The third kappa shape index (κ3) is 6.55. The Bertz CT molecular complexity index is 773. The van der Waals surface area contributed by atoms with Gasteiger partial charge in [0.2, 0.25) is 11.8 Å². The van der Waals surface area contributed by atoms with E-state index in [1.54, 1.807) is 11.8 Å². The zero-order valence-electron chi connectivity index (χ0n) is 20.3. The first-order chi connectivity index (χ1) is 15.2. The smallest absolute Gasteiger partial charge is 0.243 e. The van der Waals surface area contributed by atoms with E-state index in [2.05, 4.69) is 55.3 Å². The number of nitrogens with two attached hydrogens (primary N) is 1. The van der Waals surface area contributed by atoms with Crippen LogP contribution in [0.25, 0.3) is 0 Å². The van der Waals surface area contributed by atoms with E-state index in [0.717, 1.165) is 45.2 Å². The summed E-state index contributed by atoms with van der Waals surface area (Å²) in [6.07, 6.45) is 5.35. The molecule has 3 N–H and O–H groups in total. The average molecular weight is 443 g/mol. The molecule has 1 aromatic rings. The van der Waals surface area contributed by atoms with Crippen LogP contribution in [0.3, 0.4) is 0 Å². The third-order valence-corrected chi connectivity index (χ3v) is 7.15. The Morgan fingerprint density at radius 3 is 2.47 bits per heavy atom. The van der Waals surface area contributed by atoms with Crippen LogP contribution in [0.5, 0.6) is 0 Å². The maximum absolute atomic E-state index is 13.3. The Kier molecular flexibility index (Phi) is 8.72. The van der Waals surface area contributed by atoms with E-state index >= 15 is 0 Å². The predicted molar refractivity (Wildman–Crippen MR) is 129 cm³/mol. The molecule has 2 atom stereocenters. The molecule has 1 aliphatic heterocycles. The number of carbonyl (C=O) groups excluding carboxylic acids is 2. The van der Waals surface area contributed by atoms with Crippen LogP contribution in [0.15, 0.2) is 24.3 Å². The van der Waals surface area contributed by atoms with Gasteiger partial charge in [-0.05, 0) is 62.5 Å². The van der Waals surface area contributed by atoms with Crippen molar-refractivity contribution in [3.63, 3.8) is 0 Å². The highest BCUT2D eigenvalue weighted by atomic mass is 16.2. The van der Waals surface area contributed by atoms with E-state index in [0.29, 0.717) is 18.9 Å². The SMILES string of the molecule is CC(=O)N1CCC(N(Cc2ccccc2C)CC(C)C)C[C@@H]1C(=O)NC1CCC(N)CC1. The summed E-state index contributed by atoms with van der Waals surface area (Å²) < 4.78 is 0. The zero-order chi connectivity index (χ0) is 23.3. The first kappa shape index (κ1) is 24.7. The molecule has 1 saturated carbocycles. The lowest BCUT2D eigenvalue weighted by Gasteiger charge is -2.43. The van der Waals surface area contributed by atoms with Crippen molar-refractivity contribution < 1.29 is 9.59 Å². The molecular formula is C26H42N4O2. The van der Waals surface area contributed by atoms with E-state index in [-0.39, 0.29) is 29.9 Å². The Morgan fingerprint density at radius 2 is 1.84 bits per heavy atom. The Labute approximate surface area is 193 Å². The highest BCUT2D eigenvalue weighted by molar-refractivity contribution is 5.87. The number of rotatable bonds is 7. The van der Waals surface area contributed by atoms with Gasteiger partial charge in [0.25, 0.3) is 0 Å². The molecule has 0 bridgehead atoms. The van der Waals surface area contributed by atoms with Crippen LogP contribution in [0, 0.1) is 12.8 Å². The molecule has 1 heterocycles. The summed E-state index contributed by atoms with van der Waals surface area (Å²) in [5.41, 5.74) is 8.66. The minimum absolute atomic E-state index is 0.00533. The summed E-state index contributed by atoms with van der Waals surface area (Å²) in [7, 11) is 0.